The number of ketones is 1. The molecule has 0 rings (SSSR count). The van der Waals surface area contributed by atoms with Gasteiger partial charge in [0.25, 0.3) is 0 Å². The lowest BCUT2D eigenvalue weighted by Gasteiger charge is -2.01. The van der Waals surface area contributed by atoms with E-state index in [1.54, 1.807) is 6.08 Å². The van der Waals surface area contributed by atoms with E-state index in [2.05, 4.69) is 0 Å². The molecule has 0 saturated heterocycles. The maximum absolute atomic E-state index is 11.1. The summed E-state index contributed by atoms with van der Waals surface area (Å²) in [6.07, 6.45) is 3.17. The van der Waals surface area contributed by atoms with Crippen LogP contribution in [-0.4, -0.2) is 21.0 Å². The van der Waals surface area contributed by atoms with Gasteiger partial charge in [0.1, 0.15) is 0 Å². The average molecular weight is 174 g/mol. The zero-order valence-corrected chi connectivity index (χ0v) is 7.98. The highest BCUT2D eigenvalue weighted by Gasteiger charge is 2.03. The fourth-order valence-electron chi connectivity index (χ4n) is 0.622. The summed E-state index contributed by atoms with van der Waals surface area (Å²) >= 11 is 0. The molecule has 0 aromatic heterocycles. The molecule has 0 heterocycles. The van der Waals surface area contributed by atoms with Crippen LogP contribution in [0.15, 0.2) is 12.2 Å². The number of hydrogen-bond acceptors (Lipinski definition) is 2. The number of hydrogen-bond donors (Lipinski definition) is 0. The van der Waals surface area contributed by atoms with E-state index in [-0.39, 0.29) is 11.0 Å². The molecule has 0 fully saturated rings. The summed E-state index contributed by atoms with van der Waals surface area (Å²) in [6.45, 7) is 5.20. The highest BCUT2D eigenvalue weighted by Crippen LogP contribution is 1.97. The minimum atomic E-state index is -0.827. The van der Waals surface area contributed by atoms with Gasteiger partial charge in [0.15, 0.2) is 5.78 Å². The van der Waals surface area contributed by atoms with E-state index in [9.17, 15) is 9.00 Å². The summed E-state index contributed by atoms with van der Waals surface area (Å²) in [6, 6.07) is 0. The van der Waals surface area contributed by atoms with Crippen molar-refractivity contribution in [3.05, 3.63) is 12.2 Å². The van der Waals surface area contributed by atoms with Gasteiger partial charge in [-0.3, -0.25) is 9.00 Å². The van der Waals surface area contributed by atoms with Crippen LogP contribution in [0, 0.1) is 0 Å². The zero-order chi connectivity index (χ0) is 8.85. The largest absolute Gasteiger partial charge is 0.295 e. The molecule has 0 saturated carbocycles. The third-order valence-corrected chi connectivity index (χ3v) is 2.86. The minimum absolute atomic E-state index is 0.00459. The van der Waals surface area contributed by atoms with E-state index in [0.29, 0.717) is 5.75 Å². The summed E-state index contributed by atoms with van der Waals surface area (Å²) in [5.41, 5.74) is 0. The van der Waals surface area contributed by atoms with Crippen molar-refractivity contribution in [3.8, 4) is 0 Å². The van der Waals surface area contributed by atoms with Gasteiger partial charge in [-0.25, -0.2) is 0 Å². The summed E-state index contributed by atoms with van der Waals surface area (Å²) in [5, 5.41) is -0.0103. The van der Waals surface area contributed by atoms with E-state index < -0.39 is 10.8 Å². The molecule has 64 valence electrons. The van der Waals surface area contributed by atoms with Crippen LogP contribution in [0.3, 0.4) is 0 Å². The van der Waals surface area contributed by atoms with E-state index >= 15 is 0 Å². The predicted molar refractivity (Wildman–Crippen MR) is 48.0 cm³/mol. The third kappa shape index (κ3) is 4.90. The van der Waals surface area contributed by atoms with Crippen molar-refractivity contribution >= 4 is 16.6 Å². The van der Waals surface area contributed by atoms with Crippen molar-refractivity contribution < 1.29 is 9.00 Å². The fraction of sp³-hybridized carbons (Fsp3) is 0.625. The molecule has 0 bridgehead atoms. The Kier molecular flexibility index (Phi) is 5.03. The first-order chi connectivity index (χ1) is 5.07. The van der Waals surface area contributed by atoms with Crippen LogP contribution >= 0.6 is 0 Å². The van der Waals surface area contributed by atoms with Crippen molar-refractivity contribution in [3.63, 3.8) is 0 Å². The van der Waals surface area contributed by atoms with Crippen molar-refractivity contribution in [1.29, 1.82) is 0 Å². The summed E-state index contributed by atoms with van der Waals surface area (Å²) < 4.78 is 11.1. The molecule has 2 unspecified atom stereocenters. The Labute approximate surface area is 70.1 Å². The van der Waals surface area contributed by atoms with Gasteiger partial charge in [0.05, 0.1) is 5.25 Å². The smallest absolute Gasteiger partial charge is 0.152 e. The van der Waals surface area contributed by atoms with Crippen LogP contribution in [0.5, 0.6) is 0 Å². The van der Waals surface area contributed by atoms with Crippen LogP contribution in [0.2, 0.25) is 0 Å². The fourth-order valence-corrected chi connectivity index (χ4v) is 1.40. The normalized spacial score (nSPS) is 16.6. The second-order valence-corrected chi connectivity index (χ2v) is 4.43. The second kappa shape index (κ2) is 5.24. The van der Waals surface area contributed by atoms with Crippen LogP contribution in [0.4, 0.5) is 0 Å². The lowest BCUT2D eigenvalue weighted by Crippen LogP contribution is -2.09. The topological polar surface area (TPSA) is 34.1 Å². The molecular weight excluding hydrogens is 160 g/mol. The molecule has 2 nitrogen and oxygen atoms in total. The van der Waals surface area contributed by atoms with Crippen molar-refractivity contribution in [2.24, 2.45) is 0 Å². The van der Waals surface area contributed by atoms with Crippen molar-refractivity contribution in [2.45, 2.75) is 26.0 Å². The van der Waals surface area contributed by atoms with Crippen LogP contribution in [0.1, 0.15) is 20.8 Å². The molecule has 2 atom stereocenters. The Bertz CT molecular complexity index is 185. The van der Waals surface area contributed by atoms with Gasteiger partial charge in [-0.2, -0.15) is 0 Å². The molecule has 11 heavy (non-hydrogen) atoms. The molecule has 0 aliphatic rings. The van der Waals surface area contributed by atoms with Crippen molar-refractivity contribution in [1.82, 2.24) is 0 Å². The second-order valence-electron chi connectivity index (χ2n) is 2.34. The van der Waals surface area contributed by atoms with E-state index in [1.807, 2.05) is 13.8 Å². The number of rotatable bonds is 4. The van der Waals surface area contributed by atoms with E-state index in [1.165, 1.54) is 13.0 Å². The van der Waals surface area contributed by atoms with Crippen LogP contribution in [-0.2, 0) is 15.6 Å². The maximum atomic E-state index is 11.1. The molecule has 0 amide bonds. The molecule has 0 aliphatic carbocycles. The molecule has 0 N–H and O–H groups in total. The highest BCUT2D eigenvalue weighted by atomic mass is 32.2. The molecule has 0 aliphatic heterocycles. The Morgan fingerprint density at radius 2 is 2.18 bits per heavy atom. The zero-order valence-electron chi connectivity index (χ0n) is 7.16. The van der Waals surface area contributed by atoms with Crippen molar-refractivity contribution in [2.75, 3.05) is 5.75 Å². The van der Waals surface area contributed by atoms with Gasteiger partial charge in [-0.05, 0) is 19.9 Å². The standard InChI is InChI=1S/C8H14O2S/c1-4-11(10)8(3)6-5-7(2)9/h5-6,8H,4H2,1-3H3/b6-5+. The first-order valence-corrected chi connectivity index (χ1v) is 5.02. The molecule has 0 aromatic carbocycles. The Balaban J connectivity index is 3.95. The molecular formula is C8H14O2S. The lowest BCUT2D eigenvalue weighted by atomic mass is 10.3. The molecule has 3 heteroatoms. The SMILES string of the molecule is CCS(=O)C(C)/C=C/C(C)=O. The number of allylic oxidation sites excluding steroid dienone is 1. The van der Waals surface area contributed by atoms with Gasteiger partial charge < -0.3 is 0 Å². The molecule has 0 aromatic rings. The third-order valence-electron chi connectivity index (χ3n) is 1.30. The maximum Gasteiger partial charge on any atom is 0.152 e. The monoisotopic (exact) mass is 174 g/mol. The quantitative estimate of drug-likeness (QED) is 0.602. The van der Waals surface area contributed by atoms with E-state index in [4.69, 9.17) is 0 Å². The van der Waals surface area contributed by atoms with E-state index in [0.717, 1.165) is 0 Å². The number of carbonyl (C=O) groups excluding carboxylic acids is 1. The Morgan fingerprint density at radius 3 is 2.55 bits per heavy atom. The van der Waals surface area contributed by atoms with Gasteiger partial charge >= 0.3 is 0 Å². The van der Waals surface area contributed by atoms with Gasteiger partial charge in [0.2, 0.25) is 0 Å². The first kappa shape index (κ1) is 10.6. The summed E-state index contributed by atoms with van der Waals surface area (Å²) in [5.74, 6) is 0.647. The summed E-state index contributed by atoms with van der Waals surface area (Å²) in [7, 11) is -0.827. The summed E-state index contributed by atoms with van der Waals surface area (Å²) in [4.78, 5) is 10.5. The minimum Gasteiger partial charge on any atom is -0.295 e. The number of carbonyl (C=O) groups is 1. The predicted octanol–water partition coefficient (Wildman–Crippen LogP) is 1.29. The van der Waals surface area contributed by atoms with Gasteiger partial charge in [0, 0.05) is 16.6 Å². The lowest BCUT2D eigenvalue weighted by molar-refractivity contribution is -0.112. The molecule has 0 radical (unpaired) electrons. The molecule has 0 spiro atoms. The van der Waals surface area contributed by atoms with Crippen LogP contribution < -0.4 is 0 Å². The van der Waals surface area contributed by atoms with Gasteiger partial charge in [-0.15, -0.1) is 0 Å². The van der Waals surface area contributed by atoms with Crippen LogP contribution in [0.25, 0.3) is 0 Å². The van der Waals surface area contributed by atoms with Gasteiger partial charge in [-0.1, -0.05) is 13.0 Å². The Morgan fingerprint density at radius 1 is 1.64 bits per heavy atom. The average Bonchev–Trinajstić information content (AvgIpc) is 1.98. The highest BCUT2D eigenvalue weighted by molar-refractivity contribution is 7.85. The Hall–Kier alpha value is -0.440. The first-order valence-electron chi connectivity index (χ1n) is 3.63.